The number of thiophene rings is 1. The van der Waals surface area contributed by atoms with E-state index in [-0.39, 0.29) is 59.5 Å². The summed E-state index contributed by atoms with van der Waals surface area (Å²) in [4.78, 5) is 0. The summed E-state index contributed by atoms with van der Waals surface area (Å²) < 4.78 is 109. The molecule has 0 saturated carbocycles. The van der Waals surface area contributed by atoms with Gasteiger partial charge in [0.2, 0.25) is 0 Å². The maximum absolute atomic E-state index is 9.01. The highest BCUT2D eigenvalue weighted by Crippen LogP contribution is 2.53. The summed E-state index contributed by atoms with van der Waals surface area (Å²) in [6.45, 7) is 0. The second-order valence-corrected chi connectivity index (χ2v) is 29.7. The molecule has 0 unspecified atom stereocenters. The van der Waals surface area contributed by atoms with Crippen LogP contribution in [0.25, 0.3) is 240 Å². The molecule has 24 aromatic rings. The lowest BCUT2D eigenvalue weighted by Gasteiger charge is -2.20. The van der Waals surface area contributed by atoms with Crippen LogP contribution in [0.15, 0.2) is 401 Å². The van der Waals surface area contributed by atoms with Gasteiger partial charge in [0.1, 0.15) is 33.5 Å². The monoisotopic (exact) mass is 1450 g/mol. The Hall–Kier alpha value is -14.4. The van der Waals surface area contributed by atoms with Crippen LogP contribution >= 0.6 is 11.3 Å². The van der Waals surface area contributed by atoms with Crippen LogP contribution in [-0.4, -0.2) is 0 Å². The lowest BCUT2D eigenvalue weighted by Crippen LogP contribution is -1.93. The molecule has 0 fully saturated rings. The molecule has 20 aromatic carbocycles. The van der Waals surface area contributed by atoms with Crippen LogP contribution in [0.4, 0.5) is 0 Å². The third-order valence-corrected chi connectivity index (χ3v) is 23.9. The minimum Gasteiger partial charge on any atom is -0.456 e. The molecule has 0 N–H and O–H groups in total. The Morgan fingerprint density at radius 1 is 0.179 bits per heavy atom. The Morgan fingerprint density at radius 3 is 0.938 bits per heavy atom. The van der Waals surface area contributed by atoms with Crippen LogP contribution in [0.3, 0.4) is 0 Å². The highest BCUT2D eigenvalue weighted by molar-refractivity contribution is 7.25. The molecule has 4 heteroatoms. The topological polar surface area (TPSA) is 39.4 Å². The van der Waals surface area contributed by atoms with Gasteiger partial charge in [0, 0.05) is 63.6 Å². The fourth-order valence-electron chi connectivity index (χ4n) is 18.1. The van der Waals surface area contributed by atoms with E-state index < -0.39 is 12.1 Å². The molecule has 0 aliphatic heterocycles. The molecule has 112 heavy (non-hydrogen) atoms. The van der Waals surface area contributed by atoms with Gasteiger partial charge in [0.25, 0.3) is 0 Å². The third kappa shape index (κ3) is 9.92. The Bertz CT molecular complexity index is 8510. The lowest BCUT2D eigenvalue weighted by atomic mass is 9.83. The number of hydrogen-bond acceptors (Lipinski definition) is 4. The van der Waals surface area contributed by atoms with Crippen LogP contribution in [0.1, 0.15) is 13.7 Å². The first kappa shape index (κ1) is 54.2. The summed E-state index contributed by atoms with van der Waals surface area (Å²) in [7, 11) is 0. The van der Waals surface area contributed by atoms with Crippen LogP contribution in [0.2, 0.25) is 0 Å². The van der Waals surface area contributed by atoms with E-state index in [0.29, 0.717) is 11.1 Å². The van der Waals surface area contributed by atoms with Crippen LogP contribution in [0, 0.1) is 0 Å². The molecule has 0 spiro atoms. The Balaban J connectivity index is 0.000000142. The van der Waals surface area contributed by atoms with Gasteiger partial charge < -0.3 is 13.3 Å². The molecule has 4 heterocycles. The second-order valence-electron chi connectivity index (χ2n) is 28.6. The molecule has 0 saturated heterocycles. The van der Waals surface area contributed by atoms with Gasteiger partial charge in [0.15, 0.2) is 0 Å². The molecule has 520 valence electrons. The zero-order valence-electron chi connectivity index (χ0n) is 69.8. The quantitative estimate of drug-likeness (QED) is 0.142. The van der Waals surface area contributed by atoms with E-state index >= 15 is 0 Å². The summed E-state index contributed by atoms with van der Waals surface area (Å²) in [6.07, 6.45) is 0. The van der Waals surface area contributed by atoms with Gasteiger partial charge in [-0.1, -0.05) is 321 Å². The molecular formula is C108H64O3S. The highest BCUT2D eigenvalue weighted by atomic mass is 32.1. The van der Waals surface area contributed by atoms with Crippen LogP contribution < -0.4 is 0 Å². The molecule has 0 amide bonds. The van der Waals surface area contributed by atoms with Crippen molar-refractivity contribution in [2.45, 2.75) is 0 Å². The number of para-hydroxylation sites is 3. The predicted molar refractivity (Wildman–Crippen MR) is 476 cm³/mol. The molecule has 0 radical (unpaired) electrons. The van der Waals surface area contributed by atoms with Crippen LogP contribution in [0.5, 0.6) is 0 Å². The SMILES string of the molecule is [2H]c1c([2H])c([2H])c(-c2c3ccccc3c(-c3ccc(-c4ccc5oc6ccccc6c5c4-c4ccc5c(c4)sc4ccccc45)c4ccccc34)c3ccccc23)c([2H])c1[2H].[2H]c1c([2H])c([2H])c(-c2c3ccccc3c(-c3ccc(-c4ccc5oc6ccccc6c5c4-c4ccc5oc6ccccc6c5c4)c4ccccc34)c3ccccc23)c([2H])c1[2H]. The van der Waals surface area contributed by atoms with Gasteiger partial charge in [-0.3, -0.25) is 0 Å². The van der Waals surface area contributed by atoms with Crippen LogP contribution in [-0.2, 0) is 0 Å². The van der Waals surface area contributed by atoms with E-state index in [4.69, 9.17) is 27.0 Å². The average Bonchev–Trinajstić information content (AvgIpc) is 0.947. The van der Waals surface area contributed by atoms with Crippen molar-refractivity contribution in [3.63, 3.8) is 0 Å². The average molecular weight is 1450 g/mol. The Morgan fingerprint density at radius 2 is 0.482 bits per heavy atom. The summed E-state index contributed by atoms with van der Waals surface area (Å²) in [5, 5.41) is 20.2. The lowest BCUT2D eigenvalue weighted by molar-refractivity contribution is 0.668. The summed E-state index contributed by atoms with van der Waals surface area (Å²) in [5.74, 6) is 0. The first-order valence-electron chi connectivity index (χ1n) is 42.5. The Kier molecular flexibility index (Phi) is 12.4. The predicted octanol–water partition coefficient (Wildman–Crippen LogP) is 31.7. The van der Waals surface area contributed by atoms with E-state index in [1.165, 1.54) is 20.2 Å². The van der Waals surface area contributed by atoms with Gasteiger partial charge in [-0.2, -0.15) is 0 Å². The van der Waals surface area contributed by atoms with Gasteiger partial charge in [-0.25, -0.2) is 0 Å². The van der Waals surface area contributed by atoms with Crippen molar-refractivity contribution in [2.75, 3.05) is 0 Å². The molecule has 0 atom stereocenters. The van der Waals surface area contributed by atoms with E-state index in [1.54, 1.807) is 0 Å². The van der Waals surface area contributed by atoms with Gasteiger partial charge in [-0.15, -0.1) is 11.3 Å². The smallest absolute Gasteiger partial charge is 0.136 e. The zero-order chi connectivity index (χ0) is 82.2. The Labute approximate surface area is 662 Å². The fraction of sp³-hybridized carbons (Fsp3) is 0. The molecule has 0 bridgehead atoms. The molecule has 24 rings (SSSR count). The molecule has 4 aromatic heterocycles. The van der Waals surface area contributed by atoms with E-state index in [2.05, 4.69) is 212 Å². The van der Waals surface area contributed by atoms with Crippen molar-refractivity contribution in [3.8, 4) is 89.0 Å². The van der Waals surface area contributed by atoms with E-state index in [0.717, 1.165) is 197 Å². The molecule has 0 aliphatic carbocycles. The second kappa shape index (κ2) is 25.6. The summed E-state index contributed by atoms with van der Waals surface area (Å²) in [6, 6.07) is 110. The van der Waals surface area contributed by atoms with Crippen molar-refractivity contribution >= 4 is 162 Å². The van der Waals surface area contributed by atoms with Crippen molar-refractivity contribution in [1.82, 2.24) is 0 Å². The highest BCUT2D eigenvalue weighted by Gasteiger charge is 2.27. The molecule has 3 nitrogen and oxygen atoms in total. The maximum Gasteiger partial charge on any atom is 0.136 e. The first-order chi connectivity index (χ1) is 59.7. The number of rotatable bonds is 8. The zero-order valence-corrected chi connectivity index (χ0v) is 60.6. The number of benzene rings is 20. The number of hydrogen-bond donors (Lipinski definition) is 0. The maximum atomic E-state index is 9.01. The minimum absolute atomic E-state index is 0.196. The molecular weight excluding hydrogens is 1380 g/mol. The number of fused-ring (bicyclic) bond motifs is 18. The van der Waals surface area contributed by atoms with Crippen molar-refractivity contribution in [1.29, 1.82) is 0 Å². The summed E-state index contributed by atoms with van der Waals surface area (Å²) >= 11 is 1.82. The molecule has 0 aliphatic rings. The van der Waals surface area contributed by atoms with Gasteiger partial charge in [0.05, 0.1) is 13.7 Å². The minimum atomic E-state index is -0.408. The van der Waals surface area contributed by atoms with Gasteiger partial charge >= 0.3 is 0 Å². The van der Waals surface area contributed by atoms with Crippen molar-refractivity contribution < 1.29 is 27.0 Å². The summed E-state index contributed by atoms with van der Waals surface area (Å²) in [5.41, 5.74) is 19.5. The standard InChI is InChI=1S/C54H32O2.C54H32OS/c1-2-14-33(15-3-1)51-39-19-6-8-21-41(39)53(42-22-9-7-20-40(42)51)44-28-27-37(35-16-4-5-17-36(35)44)43-29-31-50-54(45-23-11-13-25-48(45)56-50)52(43)34-26-30-49-46(32-34)38-18-10-12-24-47(38)55-49;1-2-14-33(15-3-1)51-40-19-6-8-21-42(40)53(43-22-9-7-20-41(43)51)45-29-28-37(35-16-4-5-17-36(35)45)44-30-31-48-54(46-23-10-12-24-47(46)55-48)52(44)34-26-27-39-38-18-11-13-25-49(38)56-50(39)32-34/h2*1-32H/i2*1D,2D,3D,14D,15D. The van der Waals surface area contributed by atoms with Crippen molar-refractivity contribution in [3.05, 3.63) is 388 Å². The van der Waals surface area contributed by atoms with Crippen molar-refractivity contribution in [2.24, 2.45) is 0 Å². The fourth-order valence-corrected chi connectivity index (χ4v) is 19.2. The number of furan rings is 3. The van der Waals surface area contributed by atoms with E-state index in [1.807, 2.05) is 127 Å². The first-order valence-corrected chi connectivity index (χ1v) is 38.3. The largest absolute Gasteiger partial charge is 0.456 e. The third-order valence-electron chi connectivity index (χ3n) is 22.7. The van der Waals surface area contributed by atoms with E-state index in [9.17, 15) is 0 Å². The normalized spacial score (nSPS) is 13.2. The van der Waals surface area contributed by atoms with Gasteiger partial charge in [-0.05, 0) is 209 Å².